The lowest BCUT2D eigenvalue weighted by atomic mass is 9.77. The van der Waals surface area contributed by atoms with E-state index in [9.17, 15) is 4.79 Å². The van der Waals surface area contributed by atoms with Crippen LogP contribution in [0.5, 0.6) is 0 Å². The predicted molar refractivity (Wildman–Crippen MR) is 112 cm³/mol. The van der Waals surface area contributed by atoms with Gasteiger partial charge in [-0.15, -0.1) is 0 Å². The van der Waals surface area contributed by atoms with Crippen molar-refractivity contribution in [3.05, 3.63) is 30.2 Å². The molecule has 2 atom stereocenters. The summed E-state index contributed by atoms with van der Waals surface area (Å²) < 4.78 is 10.3. The van der Waals surface area contributed by atoms with Crippen LogP contribution in [0.1, 0.15) is 44.5 Å². The first-order valence-corrected chi connectivity index (χ1v) is 10.1. The van der Waals surface area contributed by atoms with E-state index < -0.39 is 6.09 Å². The highest BCUT2D eigenvalue weighted by atomic mass is 16.5. The molecule has 0 saturated carbocycles. The van der Waals surface area contributed by atoms with E-state index >= 15 is 0 Å². The van der Waals surface area contributed by atoms with Gasteiger partial charge in [0.1, 0.15) is 5.82 Å². The third kappa shape index (κ3) is 4.09. The number of amides is 1. The molecule has 0 radical (unpaired) electrons. The van der Waals surface area contributed by atoms with E-state index in [4.69, 9.17) is 20.2 Å². The molecule has 0 spiro atoms. The number of methoxy groups -OCH3 is 1. The van der Waals surface area contributed by atoms with Gasteiger partial charge in [0.25, 0.3) is 0 Å². The van der Waals surface area contributed by atoms with Gasteiger partial charge in [0.2, 0.25) is 0 Å². The van der Waals surface area contributed by atoms with Crippen LogP contribution in [0.15, 0.2) is 24.4 Å². The number of imidazole rings is 1. The third-order valence-corrected chi connectivity index (χ3v) is 5.97. The number of anilines is 2. The second-order valence-electron chi connectivity index (χ2n) is 8.28. The van der Waals surface area contributed by atoms with Gasteiger partial charge in [0, 0.05) is 34.6 Å². The molecule has 1 saturated heterocycles. The number of hydrogen-bond donors (Lipinski definition) is 4. The van der Waals surface area contributed by atoms with Crippen LogP contribution in [0.3, 0.4) is 0 Å². The summed E-state index contributed by atoms with van der Waals surface area (Å²) in [5.74, 6) is 0.805. The molecule has 3 heterocycles. The topological polar surface area (TPSA) is 114 Å². The van der Waals surface area contributed by atoms with Crippen LogP contribution in [0, 0.1) is 5.41 Å². The van der Waals surface area contributed by atoms with E-state index in [0.29, 0.717) is 5.69 Å². The van der Waals surface area contributed by atoms with Crippen molar-refractivity contribution in [1.82, 2.24) is 9.97 Å². The average molecular weight is 399 g/mol. The van der Waals surface area contributed by atoms with Gasteiger partial charge in [-0.25, -0.2) is 9.78 Å². The molecule has 4 rings (SSSR count). The fourth-order valence-electron chi connectivity index (χ4n) is 4.06. The number of fused-ring (bicyclic) bond motifs is 4. The molecule has 29 heavy (non-hydrogen) atoms. The number of rotatable bonds is 2. The van der Waals surface area contributed by atoms with Crippen LogP contribution in [0.2, 0.25) is 0 Å². The van der Waals surface area contributed by atoms with Crippen molar-refractivity contribution in [2.75, 3.05) is 31.0 Å². The number of carbonyl (C=O) groups excluding carboxylic acids is 1. The lowest BCUT2D eigenvalue weighted by Gasteiger charge is -2.45. The number of nitrogens with one attached hydrogen (secondary N) is 3. The molecule has 2 unspecified atom stereocenters. The molecule has 5 N–H and O–H groups in total. The Labute approximate surface area is 170 Å². The van der Waals surface area contributed by atoms with Gasteiger partial charge in [0.15, 0.2) is 0 Å². The highest BCUT2D eigenvalue weighted by Gasteiger charge is 2.41. The molecule has 8 nitrogen and oxygen atoms in total. The zero-order valence-electron chi connectivity index (χ0n) is 17.0. The number of aromatic amines is 1. The SMILES string of the molecule is COC(=O)Nc1ccc2c(c1)NC(C1(C)COC1)CCCCC(N)c1nc-2c[nH]1. The molecule has 1 aromatic carbocycles. The van der Waals surface area contributed by atoms with Crippen LogP contribution in [-0.2, 0) is 9.47 Å². The molecule has 1 amide bonds. The van der Waals surface area contributed by atoms with Gasteiger partial charge in [0.05, 0.1) is 32.1 Å². The Morgan fingerprint density at radius 1 is 1.34 bits per heavy atom. The number of aromatic nitrogens is 2. The van der Waals surface area contributed by atoms with E-state index in [2.05, 4.69) is 22.5 Å². The molecule has 1 aromatic heterocycles. The molecule has 2 aliphatic rings. The maximum Gasteiger partial charge on any atom is 0.411 e. The zero-order chi connectivity index (χ0) is 20.4. The molecule has 2 bridgehead atoms. The number of ether oxygens (including phenoxy) is 2. The van der Waals surface area contributed by atoms with Crippen molar-refractivity contribution in [2.45, 2.75) is 44.7 Å². The number of nitrogens with two attached hydrogens (primary N) is 1. The minimum absolute atomic E-state index is 0.0754. The van der Waals surface area contributed by atoms with Crippen molar-refractivity contribution >= 4 is 17.5 Å². The summed E-state index contributed by atoms with van der Waals surface area (Å²) in [5.41, 5.74) is 9.80. The summed E-state index contributed by atoms with van der Waals surface area (Å²) in [5, 5.41) is 6.49. The summed E-state index contributed by atoms with van der Waals surface area (Å²) in [6, 6.07) is 5.89. The number of carbonyl (C=O) groups is 1. The smallest absolute Gasteiger partial charge is 0.411 e. The van der Waals surface area contributed by atoms with Crippen molar-refractivity contribution < 1.29 is 14.3 Å². The quantitative estimate of drug-likeness (QED) is 0.613. The minimum Gasteiger partial charge on any atom is -0.453 e. The zero-order valence-corrected chi connectivity index (χ0v) is 17.0. The molecule has 0 aliphatic carbocycles. The van der Waals surface area contributed by atoms with Gasteiger partial charge >= 0.3 is 6.09 Å². The van der Waals surface area contributed by atoms with E-state index in [-0.39, 0.29) is 17.5 Å². The van der Waals surface area contributed by atoms with Crippen molar-refractivity contribution in [2.24, 2.45) is 11.1 Å². The van der Waals surface area contributed by atoms with Crippen molar-refractivity contribution in [1.29, 1.82) is 0 Å². The number of H-pyrrole nitrogens is 1. The highest BCUT2D eigenvalue weighted by Crippen LogP contribution is 2.39. The Bertz CT molecular complexity index is 877. The molecule has 1 fully saturated rings. The minimum atomic E-state index is -0.498. The number of benzene rings is 1. The monoisotopic (exact) mass is 399 g/mol. The van der Waals surface area contributed by atoms with Gasteiger partial charge in [-0.3, -0.25) is 5.32 Å². The first-order valence-electron chi connectivity index (χ1n) is 10.1. The fourth-order valence-corrected chi connectivity index (χ4v) is 4.06. The summed E-state index contributed by atoms with van der Waals surface area (Å²) in [6.45, 7) is 3.74. The second kappa shape index (κ2) is 8.04. The molecule has 156 valence electrons. The van der Waals surface area contributed by atoms with Crippen LogP contribution >= 0.6 is 0 Å². The number of nitrogens with zero attached hydrogens (tertiary/aromatic N) is 1. The van der Waals surface area contributed by atoms with Gasteiger partial charge in [-0.1, -0.05) is 19.8 Å². The Morgan fingerprint density at radius 3 is 2.86 bits per heavy atom. The van der Waals surface area contributed by atoms with Gasteiger partial charge in [-0.2, -0.15) is 0 Å². The van der Waals surface area contributed by atoms with Gasteiger partial charge < -0.3 is 25.5 Å². The first-order chi connectivity index (χ1) is 14.0. The number of hydrogen-bond acceptors (Lipinski definition) is 6. The van der Waals surface area contributed by atoms with Crippen LogP contribution in [0.4, 0.5) is 16.2 Å². The summed E-state index contributed by atoms with van der Waals surface area (Å²) in [4.78, 5) is 19.6. The maximum atomic E-state index is 11.7. The van der Waals surface area contributed by atoms with E-state index in [1.54, 1.807) is 0 Å². The Kier molecular flexibility index (Phi) is 5.47. The van der Waals surface area contributed by atoms with Crippen LogP contribution < -0.4 is 16.4 Å². The molecule has 2 aromatic rings. The van der Waals surface area contributed by atoms with Gasteiger partial charge in [-0.05, 0) is 31.0 Å². The molecular formula is C21H29N5O3. The van der Waals surface area contributed by atoms with Crippen molar-refractivity contribution in [3.63, 3.8) is 0 Å². The molecule has 2 aliphatic heterocycles. The highest BCUT2D eigenvalue weighted by molar-refractivity contribution is 5.88. The maximum absolute atomic E-state index is 11.7. The lowest BCUT2D eigenvalue weighted by Crippen LogP contribution is -2.52. The Morgan fingerprint density at radius 2 is 2.14 bits per heavy atom. The summed E-state index contributed by atoms with van der Waals surface area (Å²) in [7, 11) is 1.35. The molecular weight excluding hydrogens is 370 g/mol. The fraction of sp³-hybridized carbons (Fsp3) is 0.524. The Balaban J connectivity index is 1.74. The predicted octanol–water partition coefficient (Wildman–Crippen LogP) is 3.65. The van der Waals surface area contributed by atoms with E-state index in [0.717, 1.165) is 61.7 Å². The third-order valence-electron chi connectivity index (χ3n) is 5.97. The second-order valence-corrected chi connectivity index (χ2v) is 8.28. The van der Waals surface area contributed by atoms with Crippen LogP contribution in [-0.4, -0.2) is 42.4 Å². The van der Waals surface area contributed by atoms with E-state index in [1.807, 2.05) is 24.4 Å². The summed E-state index contributed by atoms with van der Waals surface area (Å²) in [6.07, 6.45) is 5.44. The van der Waals surface area contributed by atoms with Crippen molar-refractivity contribution in [3.8, 4) is 11.3 Å². The standard InChI is InChI=1S/C21H29N5O3/c1-21(11-29-12-21)18-6-4-3-5-15(22)19-23-10-17(26-19)14-8-7-13(9-16(14)25-18)24-20(27)28-2/h7-10,15,18,25H,3-6,11-12,22H2,1-2H3,(H,23,26)(H,24,27). The normalized spacial score (nSPS) is 23.4. The van der Waals surface area contributed by atoms with E-state index in [1.165, 1.54) is 7.11 Å². The largest absolute Gasteiger partial charge is 0.453 e. The summed E-state index contributed by atoms with van der Waals surface area (Å²) >= 11 is 0. The van der Waals surface area contributed by atoms with Crippen LogP contribution in [0.25, 0.3) is 11.3 Å². The lowest BCUT2D eigenvalue weighted by molar-refractivity contribution is -0.112. The first kappa shape index (κ1) is 19.7. The Hall–Kier alpha value is -2.58. The average Bonchev–Trinajstić information content (AvgIpc) is 3.17. The molecule has 8 heteroatoms.